The number of aliphatic hydroxyl groups excluding tert-OH is 6. The highest BCUT2D eigenvalue weighted by Crippen LogP contribution is 2.42. The monoisotopic (exact) mass is 594 g/mol. The van der Waals surface area contributed by atoms with Crippen LogP contribution in [-0.4, -0.2) is 114 Å². The fraction of sp³-hybridized carbons (Fsp3) is 0.444. The summed E-state index contributed by atoms with van der Waals surface area (Å²) in [7, 11) is 0. The lowest BCUT2D eigenvalue weighted by molar-refractivity contribution is -0.318. The first-order chi connectivity index (χ1) is 19.9. The average molecular weight is 595 g/mol. The molecule has 15 nitrogen and oxygen atoms in total. The molecule has 10 atom stereocenters. The molecule has 228 valence electrons. The molecule has 15 heteroatoms. The van der Waals surface area contributed by atoms with Crippen LogP contribution in [0.25, 0.3) is 22.3 Å². The zero-order valence-electron chi connectivity index (χ0n) is 21.9. The highest BCUT2D eigenvalue weighted by atomic mass is 16.7. The Labute approximate surface area is 236 Å². The summed E-state index contributed by atoms with van der Waals surface area (Å²) in [5, 5.41) is 91.6. The van der Waals surface area contributed by atoms with E-state index >= 15 is 0 Å². The minimum atomic E-state index is -1.88. The molecule has 42 heavy (non-hydrogen) atoms. The van der Waals surface area contributed by atoms with Gasteiger partial charge < -0.3 is 69.3 Å². The molecule has 0 spiro atoms. The zero-order chi connectivity index (χ0) is 30.5. The minimum absolute atomic E-state index is 0.0180. The molecule has 0 unspecified atom stereocenters. The van der Waals surface area contributed by atoms with E-state index in [1.54, 1.807) is 0 Å². The maximum Gasteiger partial charge on any atom is 0.229 e. The van der Waals surface area contributed by atoms with E-state index < -0.39 is 90.7 Å². The second-order valence-electron chi connectivity index (χ2n) is 10.1. The van der Waals surface area contributed by atoms with Crippen LogP contribution in [0.15, 0.2) is 45.6 Å². The predicted octanol–water partition coefficient (Wildman–Crippen LogP) is -1.39. The average Bonchev–Trinajstić information content (AvgIpc) is 2.96. The molecule has 2 aliphatic rings. The van der Waals surface area contributed by atoms with Crippen LogP contribution in [0, 0.1) is 0 Å². The molecule has 0 bridgehead atoms. The van der Waals surface area contributed by atoms with E-state index in [9.17, 15) is 50.8 Å². The number of aliphatic hydroxyl groups is 6. The van der Waals surface area contributed by atoms with Crippen molar-refractivity contribution >= 4 is 11.0 Å². The van der Waals surface area contributed by atoms with Crippen molar-refractivity contribution in [2.45, 2.75) is 68.3 Å². The van der Waals surface area contributed by atoms with Crippen LogP contribution in [0.2, 0.25) is 0 Å². The van der Waals surface area contributed by atoms with Gasteiger partial charge in [0.25, 0.3) is 0 Å². The highest BCUT2D eigenvalue weighted by Gasteiger charge is 2.47. The molecule has 2 aliphatic heterocycles. The first kappa shape index (κ1) is 30.0. The van der Waals surface area contributed by atoms with Gasteiger partial charge in [0.05, 0.1) is 12.7 Å². The smallest absolute Gasteiger partial charge is 0.229 e. The van der Waals surface area contributed by atoms with Gasteiger partial charge in [0.2, 0.25) is 12.0 Å². The molecule has 3 heterocycles. The van der Waals surface area contributed by atoms with E-state index in [4.69, 9.17) is 23.4 Å². The largest absolute Gasteiger partial charge is 0.508 e. The molecule has 0 amide bonds. The van der Waals surface area contributed by atoms with Crippen LogP contribution in [0.4, 0.5) is 0 Å². The minimum Gasteiger partial charge on any atom is -0.508 e. The third kappa shape index (κ3) is 5.49. The van der Waals surface area contributed by atoms with Gasteiger partial charge in [-0.25, -0.2) is 0 Å². The summed E-state index contributed by atoms with van der Waals surface area (Å²) in [5.74, 6) is -2.27. The lowest BCUT2D eigenvalue weighted by Gasteiger charge is -2.42. The third-order valence-electron chi connectivity index (χ3n) is 7.23. The molecule has 3 aromatic rings. The number of phenols is 3. The maximum atomic E-state index is 12.8. The molecular formula is C27H30O15. The quantitative estimate of drug-likeness (QED) is 0.149. The fourth-order valence-corrected chi connectivity index (χ4v) is 4.74. The van der Waals surface area contributed by atoms with Crippen LogP contribution >= 0.6 is 0 Å². The van der Waals surface area contributed by atoms with E-state index in [1.165, 1.54) is 31.2 Å². The predicted molar refractivity (Wildman–Crippen MR) is 139 cm³/mol. The number of aromatic hydroxyl groups is 3. The highest BCUT2D eigenvalue weighted by molar-refractivity contribution is 5.89. The second kappa shape index (κ2) is 11.6. The fourth-order valence-electron chi connectivity index (χ4n) is 4.74. The standard InChI is InChI=1S/C27H30O15/c1-9-18(30)22(34)24(36)26(39-9)38-8-16-20(32)23(35)25(37)27(42-16)41-15-7-14-17(21(33)19(15)31)12(29)6-13(40-14)10-2-4-11(28)5-3-10/h2-7,9,16,18,20,22-28,30-37H,8H2,1H3/t9-,16+,18-,20-,22+,23+,24+,25+,26-,27-/m0/s1. The number of benzene rings is 2. The molecule has 0 saturated carbocycles. The van der Waals surface area contributed by atoms with Crippen molar-refractivity contribution in [3.63, 3.8) is 0 Å². The first-order valence-corrected chi connectivity index (χ1v) is 12.9. The number of ether oxygens (including phenoxy) is 4. The zero-order valence-corrected chi connectivity index (χ0v) is 21.9. The van der Waals surface area contributed by atoms with E-state index in [2.05, 4.69) is 0 Å². The van der Waals surface area contributed by atoms with Gasteiger partial charge in [-0.2, -0.15) is 0 Å². The topological polar surface area (TPSA) is 249 Å². The molecular weight excluding hydrogens is 564 g/mol. The second-order valence-corrected chi connectivity index (χ2v) is 10.1. The summed E-state index contributed by atoms with van der Waals surface area (Å²) < 4.78 is 27.6. The number of fused-ring (bicyclic) bond motifs is 1. The molecule has 0 radical (unpaired) electrons. The van der Waals surface area contributed by atoms with E-state index in [1.807, 2.05) is 0 Å². The van der Waals surface area contributed by atoms with Crippen molar-refractivity contribution in [3.8, 4) is 34.3 Å². The normalized spacial score (nSPS) is 33.5. The number of hydrogen-bond donors (Lipinski definition) is 9. The van der Waals surface area contributed by atoms with Crippen molar-refractivity contribution in [3.05, 3.63) is 46.6 Å². The summed E-state index contributed by atoms with van der Waals surface area (Å²) in [4.78, 5) is 12.8. The first-order valence-electron chi connectivity index (χ1n) is 12.9. The van der Waals surface area contributed by atoms with Crippen molar-refractivity contribution in [2.24, 2.45) is 0 Å². The Morgan fingerprint density at radius 3 is 2.10 bits per heavy atom. The van der Waals surface area contributed by atoms with Crippen LogP contribution in [0.1, 0.15) is 6.92 Å². The maximum absolute atomic E-state index is 12.8. The van der Waals surface area contributed by atoms with Gasteiger partial charge in [0.1, 0.15) is 65.2 Å². The molecule has 1 aromatic heterocycles. The van der Waals surface area contributed by atoms with Crippen LogP contribution < -0.4 is 10.2 Å². The van der Waals surface area contributed by atoms with Gasteiger partial charge in [-0.15, -0.1) is 0 Å². The Morgan fingerprint density at radius 1 is 0.762 bits per heavy atom. The molecule has 0 aliphatic carbocycles. The van der Waals surface area contributed by atoms with Gasteiger partial charge >= 0.3 is 0 Å². The number of hydrogen-bond acceptors (Lipinski definition) is 15. The molecule has 2 fully saturated rings. The summed E-state index contributed by atoms with van der Waals surface area (Å²) in [6.07, 6.45) is -15.6. The molecule has 2 aromatic carbocycles. The molecule has 9 N–H and O–H groups in total. The van der Waals surface area contributed by atoms with E-state index in [0.717, 1.165) is 12.1 Å². The Kier molecular flexibility index (Phi) is 8.30. The van der Waals surface area contributed by atoms with Gasteiger partial charge in [0, 0.05) is 17.7 Å². The van der Waals surface area contributed by atoms with Crippen LogP contribution in [0.3, 0.4) is 0 Å². The Balaban J connectivity index is 1.38. The van der Waals surface area contributed by atoms with Crippen molar-refractivity contribution in [1.82, 2.24) is 0 Å². The molecule has 2 saturated heterocycles. The lowest BCUT2D eigenvalue weighted by Crippen LogP contribution is -2.61. The number of rotatable bonds is 6. The van der Waals surface area contributed by atoms with Gasteiger partial charge in [-0.05, 0) is 31.2 Å². The van der Waals surface area contributed by atoms with Gasteiger partial charge in [-0.3, -0.25) is 4.79 Å². The van der Waals surface area contributed by atoms with Gasteiger partial charge in [-0.1, -0.05) is 0 Å². The number of phenolic OH excluding ortho intramolecular Hbond substituents is 3. The van der Waals surface area contributed by atoms with Crippen LogP contribution in [-0.2, 0) is 14.2 Å². The summed E-state index contributed by atoms with van der Waals surface area (Å²) in [6, 6.07) is 7.85. The summed E-state index contributed by atoms with van der Waals surface area (Å²) >= 11 is 0. The lowest BCUT2D eigenvalue weighted by atomic mass is 9.98. The van der Waals surface area contributed by atoms with E-state index in [-0.39, 0.29) is 22.5 Å². The van der Waals surface area contributed by atoms with E-state index in [0.29, 0.717) is 5.56 Å². The summed E-state index contributed by atoms with van der Waals surface area (Å²) in [5.41, 5.74) is -0.515. The van der Waals surface area contributed by atoms with Crippen molar-refractivity contribution < 1.29 is 69.3 Å². The molecule has 5 rings (SSSR count). The Bertz CT molecular complexity index is 1470. The van der Waals surface area contributed by atoms with Crippen molar-refractivity contribution in [2.75, 3.05) is 6.61 Å². The Hall–Kier alpha value is -3.51. The van der Waals surface area contributed by atoms with Crippen molar-refractivity contribution in [1.29, 1.82) is 0 Å². The SMILES string of the molecule is C[C@@H]1O[C@H](OC[C@H]2O[C@H](Oc3cc4oc(-c5ccc(O)cc5)cc(=O)c4c(O)c3O)[C@H](O)[C@H](O)[C@H]2O)[C@H](O)[C@H](O)[C@H]1O. The van der Waals surface area contributed by atoms with Gasteiger partial charge in [0.15, 0.2) is 23.2 Å². The van der Waals surface area contributed by atoms with Crippen LogP contribution in [0.5, 0.6) is 23.0 Å². The summed E-state index contributed by atoms with van der Waals surface area (Å²) in [6.45, 7) is 0.884. The Morgan fingerprint density at radius 2 is 1.40 bits per heavy atom. The third-order valence-corrected chi connectivity index (χ3v) is 7.23.